The first-order valence-corrected chi connectivity index (χ1v) is 26.1. The van der Waals surface area contributed by atoms with Gasteiger partial charge in [-0.05, 0) is 96.7 Å². The zero-order valence-electron chi connectivity index (χ0n) is 43.8. The summed E-state index contributed by atoms with van der Waals surface area (Å²) in [7, 11) is 0. The van der Waals surface area contributed by atoms with Crippen LogP contribution in [0.3, 0.4) is 0 Å². The average molecular weight is 1160 g/mol. The topological polar surface area (TPSA) is 120 Å². The van der Waals surface area contributed by atoms with E-state index in [4.69, 9.17) is 113 Å². The van der Waals surface area contributed by atoms with Crippen molar-refractivity contribution in [2.45, 2.75) is 114 Å². The number of nitrogens with zero attached hydrogens (tertiary/aromatic N) is 3. The van der Waals surface area contributed by atoms with Crippen LogP contribution in [0, 0.1) is 17.5 Å². The molecule has 0 bridgehead atoms. The number of halogens is 9. The van der Waals surface area contributed by atoms with E-state index in [0.29, 0.717) is 89.0 Å². The van der Waals surface area contributed by atoms with E-state index in [1.165, 1.54) is 36.4 Å². The third-order valence-corrected chi connectivity index (χ3v) is 9.77. The summed E-state index contributed by atoms with van der Waals surface area (Å²) in [5, 5.41) is 11.5. The van der Waals surface area contributed by atoms with E-state index in [1.54, 1.807) is 18.2 Å². The molecule has 0 unspecified atom stereocenters. The Hall–Kier alpha value is -4.38. The van der Waals surface area contributed by atoms with Gasteiger partial charge in [-0.15, -0.1) is 0 Å². The lowest BCUT2D eigenvalue weighted by Gasteiger charge is -2.16. The molecule has 414 valence electrons. The molecule has 0 spiro atoms. The lowest BCUT2D eigenvalue weighted by atomic mass is 10.0. The molecular weight excluding hydrogens is 1090 g/mol. The molecule has 0 atom stereocenters. The van der Waals surface area contributed by atoms with Crippen LogP contribution in [0.25, 0.3) is 0 Å². The van der Waals surface area contributed by atoms with Crippen molar-refractivity contribution in [2.75, 3.05) is 59.5 Å². The Morgan fingerprint density at radius 2 is 0.811 bits per heavy atom. The Morgan fingerprint density at radius 3 is 1.15 bits per heavy atom. The van der Waals surface area contributed by atoms with Crippen LogP contribution in [0.4, 0.5) is 13.2 Å². The van der Waals surface area contributed by atoms with Crippen LogP contribution in [-0.2, 0) is 27.4 Å². The van der Waals surface area contributed by atoms with Crippen LogP contribution in [-0.4, -0.2) is 76.6 Å². The quantitative estimate of drug-likeness (QED) is 0.0352. The van der Waals surface area contributed by atoms with Crippen LogP contribution in [0.5, 0.6) is 34.5 Å². The molecule has 0 aliphatic carbocycles. The minimum Gasteiger partial charge on any atom is -0.490 e. The molecule has 0 aliphatic heterocycles. The second-order valence-corrected chi connectivity index (χ2v) is 19.5. The summed E-state index contributed by atoms with van der Waals surface area (Å²) in [6.07, 6.45) is 8.45. The zero-order valence-corrected chi connectivity index (χ0v) is 48.3. The molecule has 0 aliphatic rings. The molecule has 0 saturated heterocycles. The SMILES string of the molecule is CC(C)=NOCCCOc1c(F)cc(OCC=C(Cl)Cl)cc1C(C)C.CCCc1cc(OCC=C(Cl)Cl)cc(F)c1OCCCON=C(C)C.CCc1cc(OCC=C(Cl)Cl)cc(F)c1OCCCON=C(C)C. The maximum absolute atomic E-state index is 14.4. The van der Waals surface area contributed by atoms with Gasteiger partial charge in [0.15, 0.2) is 34.7 Å². The summed E-state index contributed by atoms with van der Waals surface area (Å²) in [5.41, 5.74) is 4.76. The first kappa shape index (κ1) is 67.6. The number of aryl methyl sites for hydroxylation is 2. The van der Waals surface area contributed by atoms with Crippen LogP contribution in [0.15, 0.2) is 83.6 Å². The van der Waals surface area contributed by atoms with E-state index in [0.717, 1.165) is 40.2 Å². The second-order valence-electron chi connectivity index (χ2n) is 16.5. The maximum Gasteiger partial charge on any atom is 0.169 e. The van der Waals surface area contributed by atoms with E-state index in [-0.39, 0.29) is 56.5 Å². The number of oxime groups is 3. The highest BCUT2D eigenvalue weighted by Gasteiger charge is 2.17. The van der Waals surface area contributed by atoms with Crippen molar-refractivity contribution >= 4 is 86.7 Å². The minimum absolute atomic E-state index is 0.0730. The van der Waals surface area contributed by atoms with Gasteiger partial charge in [-0.1, -0.05) is 119 Å². The highest BCUT2D eigenvalue weighted by Crippen LogP contribution is 2.34. The second kappa shape index (κ2) is 40.0. The molecule has 0 heterocycles. The van der Waals surface area contributed by atoms with Gasteiger partial charge in [0.05, 0.1) is 37.0 Å². The smallest absolute Gasteiger partial charge is 0.169 e. The standard InChI is InChI=1S/2C18H24Cl2FNO3.C17H22Cl2FNO3/c1-12(2)15-10-14(23-9-6-17(19)20)11-16(21)18(15)24-7-5-8-25-22-13(3)4;1-4-6-14-11-15(23-10-7-17(19)20)12-16(21)18(14)24-8-5-9-25-22-13(2)3;1-4-13-10-14(22-9-6-16(18)19)11-15(20)17(13)23-7-5-8-24-21-12(2)3/h6,10-12H,5,7-9H2,1-4H3;7,11-12H,4-6,8-10H2,1-3H3;6,10-11H,4-5,7-9H2,1-3H3. The summed E-state index contributed by atoms with van der Waals surface area (Å²) in [6.45, 7) is 21.7. The average Bonchev–Trinajstić information content (AvgIpc) is 3.31. The van der Waals surface area contributed by atoms with Crippen molar-refractivity contribution in [3.63, 3.8) is 0 Å². The molecule has 0 fully saturated rings. The Balaban J connectivity index is 0.000000555. The van der Waals surface area contributed by atoms with E-state index in [2.05, 4.69) is 15.5 Å². The summed E-state index contributed by atoms with van der Waals surface area (Å²) in [5.74, 6) is 0.641. The molecule has 3 aromatic rings. The molecule has 0 radical (unpaired) electrons. The van der Waals surface area contributed by atoms with Gasteiger partial charge in [0.25, 0.3) is 0 Å². The van der Waals surface area contributed by atoms with Crippen molar-refractivity contribution in [3.8, 4) is 34.5 Å². The summed E-state index contributed by atoms with van der Waals surface area (Å²) in [6, 6.07) is 9.16. The summed E-state index contributed by atoms with van der Waals surface area (Å²) in [4.78, 5) is 15.3. The molecule has 0 amide bonds. The molecule has 74 heavy (non-hydrogen) atoms. The number of ether oxygens (including phenoxy) is 6. The van der Waals surface area contributed by atoms with Crippen molar-refractivity contribution < 1.29 is 56.1 Å². The summed E-state index contributed by atoms with van der Waals surface area (Å²) < 4.78 is 76.4. The van der Waals surface area contributed by atoms with E-state index in [1.807, 2.05) is 69.2 Å². The van der Waals surface area contributed by atoms with Gasteiger partial charge >= 0.3 is 0 Å². The molecule has 21 heteroatoms. The Labute approximate surface area is 465 Å². The predicted octanol–water partition coefficient (Wildman–Crippen LogP) is 16.8. The van der Waals surface area contributed by atoms with Gasteiger partial charge in [0.2, 0.25) is 0 Å². The van der Waals surface area contributed by atoms with Crippen LogP contribution < -0.4 is 28.4 Å². The third-order valence-electron chi connectivity index (χ3n) is 8.84. The third kappa shape index (κ3) is 31.5. The Bertz CT molecular complexity index is 2290. The maximum atomic E-state index is 14.4. The van der Waals surface area contributed by atoms with E-state index >= 15 is 0 Å². The molecular formula is C53H70Cl6F3N3O9. The first-order valence-electron chi connectivity index (χ1n) is 23.9. The van der Waals surface area contributed by atoms with Crippen LogP contribution in [0.2, 0.25) is 0 Å². The normalized spacial score (nSPS) is 10.2. The van der Waals surface area contributed by atoms with Gasteiger partial charge < -0.3 is 42.9 Å². The lowest BCUT2D eigenvalue weighted by Crippen LogP contribution is -2.07. The van der Waals surface area contributed by atoms with Gasteiger partial charge in [-0.3, -0.25) is 0 Å². The number of hydrogen-bond acceptors (Lipinski definition) is 12. The van der Waals surface area contributed by atoms with Crippen LogP contribution in [0.1, 0.15) is 118 Å². The van der Waals surface area contributed by atoms with Crippen molar-refractivity contribution in [1.29, 1.82) is 0 Å². The fourth-order valence-corrected chi connectivity index (χ4v) is 6.10. The summed E-state index contributed by atoms with van der Waals surface area (Å²) >= 11 is 33.1. The zero-order chi connectivity index (χ0) is 55.4. The highest BCUT2D eigenvalue weighted by atomic mass is 35.5. The van der Waals surface area contributed by atoms with Gasteiger partial charge in [-0.25, -0.2) is 13.2 Å². The molecule has 0 saturated carbocycles. The number of benzene rings is 3. The van der Waals surface area contributed by atoms with E-state index < -0.39 is 17.5 Å². The van der Waals surface area contributed by atoms with Crippen molar-refractivity contribution in [3.05, 3.63) is 102 Å². The van der Waals surface area contributed by atoms with Crippen molar-refractivity contribution in [2.24, 2.45) is 15.5 Å². The molecule has 3 rings (SSSR count). The Kier molecular flexibility index (Phi) is 36.5. The number of hydrogen-bond donors (Lipinski definition) is 0. The van der Waals surface area contributed by atoms with E-state index in [9.17, 15) is 13.2 Å². The van der Waals surface area contributed by atoms with Gasteiger partial charge in [0.1, 0.15) is 70.4 Å². The highest BCUT2D eigenvalue weighted by molar-refractivity contribution is 6.56. The lowest BCUT2D eigenvalue weighted by molar-refractivity contribution is 0.126. The fourth-order valence-electron chi connectivity index (χ4n) is 5.73. The molecule has 3 aromatic carbocycles. The monoisotopic (exact) mass is 1160 g/mol. The Morgan fingerprint density at radius 1 is 0.473 bits per heavy atom. The van der Waals surface area contributed by atoms with Gasteiger partial charge in [0, 0.05) is 54.2 Å². The predicted molar refractivity (Wildman–Crippen MR) is 297 cm³/mol. The molecule has 0 N–H and O–H groups in total. The largest absolute Gasteiger partial charge is 0.490 e. The van der Waals surface area contributed by atoms with Gasteiger partial charge in [-0.2, -0.15) is 0 Å². The fraction of sp³-hybridized carbons (Fsp3) is 0.491. The van der Waals surface area contributed by atoms with Crippen LogP contribution >= 0.6 is 69.6 Å². The minimum atomic E-state index is -0.467. The van der Waals surface area contributed by atoms with Crippen molar-refractivity contribution in [1.82, 2.24) is 0 Å². The molecule has 0 aromatic heterocycles. The first-order chi connectivity index (χ1) is 35.2. The number of rotatable bonds is 31. The molecule has 12 nitrogen and oxygen atoms in total.